The van der Waals surface area contributed by atoms with Crippen molar-refractivity contribution in [2.75, 3.05) is 11.5 Å². The van der Waals surface area contributed by atoms with E-state index in [1.165, 1.54) is 44.1 Å². The summed E-state index contributed by atoms with van der Waals surface area (Å²) in [7, 11) is 0. The van der Waals surface area contributed by atoms with Gasteiger partial charge in [-0.3, -0.25) is 0 Å². The van der Waals surface area contributed by atoms with Gasteiger partial charge in [-0.1, -0.05) is 6.07 Å². The molecule has 1 aromatic carbocycles. The molecule has 0 aromatic heterocycles. The molecule has 4 saturated carbocycles. The van der Waals surface area contributed by atoms with Crippen molar-refractivity contribution >= 4 is 11.4 Å². The van der Waals surface area contributed by atoms with Crippen LogP contribution in [0.2, 0.25) is 0 Å². The lowest BCUT2D eigenvalue weighted by Crippen LogP contribution is -2.49. The second-order valence-corrected chi connectivity index (χ2v) is 7.01. The van der Waals surface area contributed by atoms with E-state index in [1.807, 2.05) is 18.2 Å². The van der Waals surface area contributed by atoms with Crippen LogP contribution in [0.3, 0.4) is 0 Å². The van der Waals surface area contributed by atoms with Gasteiger partial charge in [0.1, 0.15) is 0 Å². The summed E-state index contributed by atoms with van der Waals surface area (Å²) in [5.41, 5.74) is 16.0. The van der Waals surface area contributed by atoms with Gasteiger partial charge in [0, 0.05) is 22.4 Å². The maximum Gasteiger partial charge on any atom is 0.0373 e. The fourth-order valence-electron chi connectivity index (χ4n) is 5.62. The maximum atomic E-state index is 6.26. The van der Waals surface area contributed by atoms with Gasteiger partial charge in [-0.25, -0.2) is 0 Å². The summed E-state index contributed by atoms with van der Waals surface area (Å²) in [6, 6.07) is 6.04. The second kappa shape index (κ2) is 3.43. The Labute approximate surface area is 109 Å². The van der Waals surface area contributed by atoms with Gasteiger partial charge in [0.25, 0.3) is 0 Å². The van der Waals surface area contributed by atoms with Crippen LogP contribution in [0.5, 0.6) is 0 Å². The maximum absolute atomic E-state index is 6.26. The van der Waals surface area contributed by atoms with Gasteiger partial charge in [0.2, 0.25) is 0 Å². The third kappa shape index (κ3) is 1.35. The van der Waals surface area contributed by atoms with E-state index in [-0.39, 0.29) is 0 Å². The molecule has 2 heteroatoms. The van der Waals surface area contributed by atoms with E-state index in [1.54, 1.807) is 0 Å². The number of anilines is 2. The van der Waals surface area contributed by atoms with Gasteiger partial charge in [-0.05, 0) is 68.4 Å². The second-order valence-electron chi connectivity index (χ2n) is 7.01. The molecule has 5 rings (SSSR count). The Morgan fingerprint density at radius 2 is 1.28 bits per heavy atom. The number of nitrogens with two attached hydrogens (primary N) is 2. The molecule has 0 heterocycles. The Morgan fingerprint density at radius 1 is 0.833 bits per heavy atom. The van der Waals surface area contributed by atoms with E-state index in [0.29, 0.717) is 5.41 Å². The average molecular weight is 242 g/mol. The standard InChI is InChI=1S/C16H22N2/c17-13-2-1-3-14(18)15(13)16-7-10-4-11(8-16)6-12(5-10)9-16/h1-3,10-12H,4-9,17-18H2. The molecule has 4 bridgehead atoms. The summed E-state index contributed by atoms with van der Waals surface area (Å²) in [6.45, 7) is 0. The molecule has 0 atom stereocenters. The van der Waals surface area contributed by atoms with Gasteiger partial charge in [-0.15, -0.1) is 0 Å². The highest BCUT2D eigenvalue weighted by molar-refractivity contribution is 5.65. The predicted octanol–water partition coefficient (Wildman–Crippen LogP) is 3.32. The molecule has 4 N–H and O–H groups in total. The third-order valence-electron chi connectivity index (χ3n) is 5.70. The van der Waals surface area contributed by atoms with Crippen LogP contribution in [-0.2, 0) is 5.41 Å². The highest BCUT2D eigenvalue weighted by Crippen LogP contribution is 2.62. The van der Waals surface area contributed by atoms with Crippen molar-refractivity contribution in [2.45, 2.75) is 43.9 Å². The van der Waals surface area contributed by atoms with Gasteiger partial charge >= 0.3 is 0 Å². The summed E-state index contributed by atoms with van der Waals surface area (Å²) in [5, 5.41) is 0. The molecule has 4 aliphatic rings. The largest absolute Gasteiger partial charge is 0.398 e. The van der Waals surface area contributed by atoms with E-state index in [0.717, 1.165) is 29.1 Å². The SMILES string of the molecule is Nc1cccc(N)c1C12CC3CC(CC(C3)C1)C2. The summed E-state index contributed by atoms with van der Waals surface area (Å²) < 4.78 is 0. The molecule has 4 aliphatic carbocycles. The smallest absolute Gasteiger partial charge is 0.0373 e. The molecule has 2 nitrogen and oxygen atoms in total. The molecule has 96 valence electrons. The molecule has 0 spiro atoms. The minimum Gasteiger partial charge on any atom is -0.398 e. The van der Waals surface area contributed by atoms with Crippen molar-refractivity contribution in [3.63, 3.8) is 0 Å². The zero-order valence-corrected chi connectivity index (χ0v) is 10.9. The Morgan fingerprint density at radius 3 is 1.72 bits per heavy atom. The molecule has 0 radical (unpaired) electrons. The highest BCUT2D eigenvalue weighted by Gasteiger charge is 2.52. The number of rotatable bonds is 1. The first-order valence-corrected chi connectivity index (χ1v) is 7.31. The third-order valence-corrected chi connectivity index (χ3v) is 5.70. The lowest BCUT2D eigenvalue weighted by Gasteiger charge is -2.57. The van der Waals surface area contributed by atoms with E-state index in [4.69, 9.17) is 11.5 Å². The fraction of sp³-hybridized carbons (Fsp3) is 0.625. The van der Waals surface area contributed by atoms with Crippen molar-refractivity contribution in [1.29, 1.82) is 0 Å². The summed E-state index contributed by atoms with van der Waals surface area (Å²) in [6.07, 6.45) is 8.38. The van der Waals surface area contributed by atoms with Crippen LogP contribution in [0.15, 0.2) is 18.2 Å². The molecule has 0 saturated heterocycles. The van der Waals surface area contributed by atoms with Gasteiger partial charge in [0.05, 0.1) is 0 Å². The summed E-state index contributed by atoms with van der Waals surface area (Å²) in [5.74, 6) is 2.82. The first kappa shape index (κ1) is 10.7. The van der Waals surface area contributed by atoms with Crippen molar-refractivity contribution in [3.05, 3.63) is 23.8 Å². The lowest BCUT2D eigenvalue weighted by atomic mass is 9.47. The molecule has 0 aliphatic heterocycles. The lowest BCUT2D eigenvalue weighted by molar-refractivity contribution is -0.00448. The summed E-state index contributed by atoms with van der Waals surface area (Å²) >= 11 is 0. The van der Waals surface area contributed by atoms with E-state index in [9.17, 15) is 0 Å². The number of hydrogen-bond donors (Lipinski definition) is 2. The molecule has 4 fully saturated rings. The Hall–Kier alpha value is -1.18. The summed E-state index contributed by atoms with van der Waals surface area (Å²) in [4.78, 5) is 0. The number of hydrogen-bond acceptors (Lipinski definition) is 2. The van der Waals surface area contributed by atoms with Crippen LogP contribution in [0.4, 0.5) is 11.4 Å². The quantitative estimate of drug-likeness (QED) is 0.742. The van der Waals surface area contributed by atoms with Crippen molar-refractivity contribution in [1.82, 2.24) is 0 Å². The van der Waals surface area contributed by atoms with Crippen LogP contribution in [0, 0.1) is 17.8 Å². The van der Waals surface area contributed by atoms with Gasteiger partial charge < -0.3 is 11.5 Å². The van der Waals surface area contributed by atoms with E-state index < -0.39 is 0 Å². The minimum atomic E-state index is 0.324. The molecule has 1 aromatic rings. The predicted molar refractivity (Wildman–Crippen MR) is 75.1 cm³/mol. The molecular formula is C16H22N2. The Kier molecular flexibility index (Phi) is 2.04. The van der Waals surface area contributed by atoms with Crippen LogP contribution in [-0.4, -0.2) is 0 Å². The van der Waals surface area contributed by atoms with E-state index in [2.05, 4.69) is 0 Å². The topological polar surface area (TPSA) is 52.0 Å². The highest BCUT2D eigenvalue weighted by atomic mass is 14.7. The van der Waals surface area contributed by atoms with Crippen molar-refractivity contribution in [2.24, 2.45) is 17.8 Å². The number of nitrogen functional groups attached to an aromatic ring is 2. The zero-order chi connectivity index (χ0) is 12.3. The van der Waals surface area contributed by atoms with Crippen molar-refractivity contribution < 1.29 is 0 Å². The molecule has 0 unspecified atom stereocenters. The fourth-order valence-corrected chi connectivity index (χ4v) is 5.62. The minimum absolute atomic E-state index is 0.324. The first-order valence-electron chi connectivity index (χ1n) is 7.31. The van der Waals surface area contributed by atoms with Crippen LogP contribution in [0.25, 0.3) is 0 Å². The molecular weight excluding hydrogens is 220 g/mol. The Bertz CT molecular complexity index is 436. The van der Waals surface area contributed by atoms with Crippen molar-refractivity contribution in [3.8, 4) is 0 Å². The van der Waals surface area contributed by atoms with Crippen LogP contribution >= 0.6 is 0 Å². The molecule has 18 heavy (non-hydrogen) atoms. The monoisotopic (exact) mass is 242 g/mol. The average Bonchev–Trinajstić information content (AvgIpc) is 2.26. The van der Waals surface area contributed by atoms with Gasteiger partial charge in [0.15, 0.2) is 0 Å². The van der Waals surface area contributed by atoms with E-state index >= 15 is 0 Å². The Balaban J connectivity index is 1.84. The first-order chi connectivity index (χ1) is 8.66. The van der Waals surface area contributed by atoms with Gasteiger partial charge in [-0.2, -0.15) is 0 Å². The zero-order valence-electron chi connectivity index (χ0n) is 10.9. The van der Waals surface area contributed by atoms with Crippen LogP contribution < -0.4 is 11.5 Å². The number of benzene rings is 1. The normalized spacial score (nSPS) is 41.2. The van der Waals surface area contributed by atoms with Crippen LogP contribution in [0.1, 0.15) is 44.1 Å². The molecule has 0 amide bonds.